The third-order valence-corrected chi connectivity index (χ3v) is 3.49. The fourth-order valence-corrected chi connectivity index (χ4v) is 2.08. The number of rotatable bonds is 6. The van der Waals surface area contributed by atoms with E-state index >= 15 is 0 Å². The summed E-state index contributed by atoms with van der Waals surface area (Å²) in [6.07, 6.45) is 1.14. The Bertz CT molecular complexity index is 579. The summed E-state index contributed by atoms with van der Waals surface area (Å²) in [5.74, 6) is 0.829. The Morgan fingerprint density at radius 3 is 2.43 bits per heavy atom. The van der Waals surface area contributed by atoms with Crippen molar-refractivity contribution in [3.8, 4) is 5.75 Å². The zero-order chi connectivity index (χ0) is 15.1. The van der Waals surface area contributed by atoms with Crippen molar-refractivity contribution in [1.29, 1.82) is 0 Å². The Labute approximate surface area is 133 Å². The Kier molecular flexibility index (Phi) is 5.81. The highest BCUT2D eigenvalue weighted by Gasteiger charge is 2.02. The molecule has 0 aliphatic carbocycles. The molecule has 21 heavy (non-hydrogen) atoms. The molecule has 2 rings (SSSR count). The van der Waals surface area contributed by atoms with Gasteiger partial charge in [-0.1, -0.05) is 33.6 Å². The van der Waals surface area contributed by atoms with Gasteiger partial charge in [0.1, 0.15) is 5.75 Å². The number of ether oxygens (including phenoxy) is 1. The zero-order valence-electron chi connectivity index (χ0n) is 11.9. The molecule has 0 unspecified atom stereocenters. The van der Waals surface area contributed by atoms with Gasteiger partial charge in [-0.3, -0.25) is 4.79 Å². The second kappa shape index (κ2) is 7.84. The van der Waals surface area contributed by atoms with Gasteiger partial charge in [-0.15, -0.1) is 0 Å². The molecule has 0 spiro atoms. The van der Waals surface area contributed by atoms with Crippen LogP contribution in [0.3, 0.4) is 0 Å². The van der Waals surface area contributed by atoms with Crippen LogP contribution in [0, 0.1) is 6.92 Å². The molecule has 0 atom stereocenters. The van der Waals surface area contributed by atoms with Crippen LogP contribution in [-0.4, -0.2) is 12.5 Å². The quantitative estimate of drug-likeness (QED) is 0.778. The van der Waals surface area contributed by atoms with Gasteiger partial charge in [-0.05, 0) is 49.7 Å². The third-order valence-electron chi connectivity index (χ3n) is 2.97. The summed E-state index contributed by atoms with van der Waals surface area (Å²) in [6.45, 7) is 2.55. The van der Waals surface area contributed by atoms with Gasteiger partial charge < -0.3 is 10.1 Å². The summed E-state index contributed by atoms with van der Waals surface area (Å²) >= 11 is 3.37. The number of benzene rings is 2. The van der Waals surface area contributed by atoms with E-state index in [-0.39, 0.29) is 5.91 Å². The molecule has 0 bridgehead atoms. The average Bonchev–Trinajstić information content (AvgIpc) is 2.48. The lowest BCUT2D eigenvalue weighted by molar-refractivity contribution is -0.116. The van der Waals surface area contributed by atoms with Crippen molar-refractivity contribution in [1.82, 2.24) is 0 Å². The predicted octanol–water partition coefficient (Wildman–Crippen LogP) is 4.56. The van der Waals surface area contributed by atoms with Crippen molar-refractivity contribution in [2.24, 2.45) is 0 Å². The maximum absolute atomic E-state index is 11.8. The number of aryl methyl sites for hydroxylation is 1. The van der Waals surface area contributed by atoms with Gasteiger partial charge in [-0.2, -0.15) is 0 Å². The molecule has 0 aliphatic heterocycles. The molecule has 0 aliphatic rings. The lowest BCUT2D eigenvalue weighted by atomic mass is 10.2. The predicted molar refractivity (Wildman–Crippen MR) is 88.7 cm³/mol. The standard InChI is InChI=1S/C17H18BrNO2/c1-13-4-8-15(9-5-13)19-17(20)3-2-12-21-16-10-6-14(18)7-11-16/h4-11H,2-3,12H2,1H3,(H,19,20). The first-order valence-corrected chi connectivity index (χ1v) is 7.68. The van der Waals surface area contributed by atoms with Crippen molar-refractivity contribution < 1.29 is 9.53 Å². The van der Waals surface area contributed by atoms with Gasteiger partial charge in [-0.25, -0.2) is 0 Å². The van der Waals surface area contributed by atoms with Crippen LogP contribution in [0.25, 0.3) is 0 Å². The van der Waals surface area contributed by atoms with Crippen molar-refractivity contribution >= 4 is 27.5 Å². The summed E-state index contributed by atoms with van der Waals surface area (Å²) < 4.78 is 6.60. The normalized spacial score (nSPS) is 10.2. The Balaban J connectivity index is 1.67. The second-order valence-electron chi connectivity index (χ2n) is 4.82. The van der Waals surface area contributed by atoms with E-state index in [1.807, 2.05) is 55.5 Å². The largest absolute Gasteiger partial charge is 0.494 e. The summed E-state index contributed by atoms with van der Waals surface area (Å²) in [7, 11) is 0. The maximum Gasteiger partial charge on any atom is 0.224 e. The topological polar surface area (TPSA) is 38.3 Å². The monoisotopic (exact) mass is 347 g/mol. The number of halogens is 1. The molecule has 0 saturated heterocycles. The SMILES string of the molecule is Cc1ccc(NC(=O)CCCOc2ccc(Br)cc2)cc1. The Morgan fingerprint density at radius 2 is 1.76 bits per heavy atom. The summed E-state index contributed by atoms with van der Waals surface area (Å²) in [4.78, 5) is 11.8. The third kappa shape index (κ3) is 5.60. The molecule has 0 fully saturated rings. The fraction of sp³-hybridized carbons (Fsp3) is 0.235. The first-order valence-electron chi connectivity index (χ1n) is 6.88. The minimum Gasteiger partial charge on any atom is -0.494 e. The van der Waals surface area contributed by atoms with Crippen LogP contribution in [0.2, 0.25) is 0 Å². The van der Waals surface area contributed by atoms with Crippen molar-refractivity contribution in [3.63, 3.8) is 0 Å². The van der Waals surface area contributed by atoms with Crippen molar-refractivity contribution in [2.75, 3.05) is 11.9 Å². The summed E-state index contributed by atoms with van der Waals surface area (Å²) in [5.41, 5.74) is 2.01. The number of hydrogen-bond acceptors (Lipinski definition) is 2. The highest BCUT2D eigenvalue weighted by atomic mass is 79.9. The minimum absolute atomic E-state index is 0.0123. The van der Waals surface area contributed by atoms with E-state index in [0.717, 1.165) is 15.9 Å². The van der Waals surface area contributed by atoms with Gasteiger partial charge in [0.25, 0.3) is 0 Å². The van der Waals surface area contributed by atoms with Gasteiger partial charge in [0.15, 0.2) is 0 Å². The lowest BCUT2D eigenvalue weighted by Gasteiger charge is -2.07. The lowest BCUT2D eigenvalue weighted by Crippen LogP contribution is -2.12. The van der Waals surface area contributed by atoms with Crippen LogP contribution in [0.4, 0.5) is 5.69 Å². The highest BCUT2D eigenvalue weighted by molar-refractivity contribution is 9.10. The molecule has 0 radical (unpaired) electrons. The zero-order valence-corrected chi connectivity index (χ0v) is 13.5. The van der Waals surface area contributed by atoms with E-state index in [2.05, 4.69) is 21.2 Å². The summed E-state index contributed by atoms with van der Waals surface area (Å²) in [6, 6.07) is 15.4. The molecular weight excluding hydrogens is 330 g/mol. The summed E-state index contributed by atoms with van der Waals surface area (Å²) in [5, 5.41) is 2.87. The van der Waals surface area contributed by atoms with E-state index < -0.39 is 0 Å². The van der Waals surface area contributed by atoms with Gasteiger partial charge in [0.05, 0.1) is 6.61 Å². The first-order chi connectivity index (χ1) is 10.1. The highest BCUT2D eigenvalue weighted by Crippen LogP contribution is 2.16. The average molecular weight is 348 g/mol. The fourth-order valence-electron chi connectivity index (χ4n) is 1.81. The molecule has 0 saturated carbocycles. The maximum atomic E-state index is 11.8. The Hall–Kier alpha value is -1.81. The van der Waals surface area contributed by atoms with Gasteiger partial charge in [0.2, 0.25) is 5.91 Å². The minimum atomic E-state index is 0.0123. The van der Waals surface area contributed by atoms with E-state index in [0.29, 0.717) is 19.4 Å². The molecule has 3 nitrogen and oxygen atoms in total. The van der Waals surface area contributed by atoms with E-state index in [9.17, 15) is 4.79 Å². The number of nitrogens with one attached hydrogen (secondary N) is 1. The smallest absolute Gasteiger partial charge is 0.224 e. The molecule has 110 valence electrons. The van der Waals surface area contributed by atoms with E-state index in [4.69, 9.17) is 4.74 Å². The molecule has 4 heteroatoms. The molecule has 0 heterocycles. The van der Waals surface area contributed by atoms with Crippen molar-refractivity contribution in [3.05, 3.63) is 58.6 Å². The molecule has 2 aromatic carbocycles. The number of anilines is 1. The van der Waals surface area contributed by atoms with E-state index in [1.165, 1.54) is 5.56 Å². The molecule has 1 amide bonds. The van der Waals surface area contributed by atoms with Crippen LogP contribution < -0.4 is 10.1 Å². The molecular formula is C17H18BrNO2. The van der Waals surface area contributed by atoms with Crippen LogP contribution in [-0.2, 0) is 4.79 Å². The Morgan fingerprint density at radius 1 is 1.10 bits per heavy atom. The van der Waals surface area contributed by atoms with Crippen LogP contribution >= 0.6 is 15.9 Å². The van der Waals surface area contributed by atoms with Crippen LogP contribution in [0.15, 0.2) is 53.0 Å². The molecule has 0 aromatic heterocycles. The number of carbonyl (C=O) groups is 1. The first kappa shape index (κ1) is 15.6. The number of hydrogen-bond donors (Lipinski definition) is 1. The van der Waals surface area contributed by atoms with Crippen molar-refractivity contribution in [2.45, 2.75) is 19.8 Å². The molecule has 1 N–H and O–H groups in total. The van der Waals surface area contributed by atoms with Gasteiger partial charge >= 0.3 is 0 Å². The number of carbonyl (C=O) groups excluding carboxylic acids is 1. The van der Waals surface area contributed by atoms with E-state index in [1.54, 1.807) is 0 Å². The van der Waals surface area contributed by atoms with Crippen LogP contribution in [0.1, 0.15) is 18.4 Å². The van der Waals surface area contributed by atoms with Crippen LogP contribution in [0.5, 0.6) is 5.75 Å². The van der Waals surface area contributed by atoms with Gasteiger partial charge in [0, 0.05) is 16.6 Å². The molecule has 2 aromatic rings. The number of amides is 1. The second-order valence-corrected chi connectivity index (χ2v) is 5.74.